The first kappa shape index (κ1) is 26.3. The molecule has 5 rings (SSSR count). The van der Waals surface area contributed by atoms with E-state index in [2.05, 4.69) is 26.7 Å². The van der Waals surface area contributed by atoms with E-state index in [1.807, 2.05) is 26.8 Å². The topological polar surface area (TPSA) is 101 Å². The van der Waals surface area contributed by atoms with Crippen molar-refractivity contribution in [1.82, 2.24) is 15.0 Å². The molecule has 3 aliphatic rings. The summed E-state index contributed by atoms with van der Waals surface area (Å²) in [6.07, 6.45) is 1.39. The number of aliphatic hydroxyl groups excluding tert-OH is 1. The van der Waals surface area contributed by atoms with Gasteiger partial charge in [-0.05, 0) is 52.5 Å². The highest BCUT2D eigenvalue weighted by Crippen LogP contribution is 2.45. The van der Waals surface area contributed by atoms with Crippen molar-refractivity contribution >= 4 is 29.2 Å². The number of alkyl halides is 3. The normalized spacial score (nSPS) is 27.1. The molecule has 0 aromatic carbocycles. The molecule has 0 spiro atoms. The van der Waals surface area contributed by atoms with Crippen LogP contribution >= 0.6 is 11.3 Å². The standard InChI is InChI=1S/C25H32F3N5O3S/c1-5-16(34)13-10-15(20-19(13)35-24(3,4)36-20)31-21-18(22-32-14-8-6-7-9-17(14)37-22)12(2)30-23(33-21)29-11-25(26,27)28/h7,9,13,15-16,19-20,34H,5-6,8,10-11H2,1-4H3,(H2,29,30,31,33)/t13-,15-,16?,19-,20+/m1/s1. The van der Waals surface area contributed by atoms with Crippen LogP contribution in [0, 0.1) is 12.8 Å². The lowest BCUT2D eigenvalue weighted by Crippen LogP contribution is -2.35. The van der Waals surface area contributed by atoms with E-state index in [1.165, 1.54) is 11.3 Å². The number of nitrogens with one attached hydrogen (secondary N) is 2. The fourth-order valence-corrected chi connectivity index (χ4v) is 6.54. The van der Waals surface area contributed by atoms with Crippen molar-refractivity contribution in [2.24, 2.45) is 5.92 Å². The maximum atomic E-state index is 12.9. The molecule has 37 heavy (non-hydrogen) atoms. The number of hydrogen-bond acceptors (Lipinski definition) is 9. The van der Waals surface area contributed by atoms with Crippen LogP contribution in [0.15, 0.2) is 6.08 Å². The molecule has 12 heteroatoms. The molecule has 0 bridgehead atoms. The summed E-state index contributed by atoms with van der Waals surface area (Å²) >= 11 is 1.51. The molecule has 0 radical (unpaired) electrons. The van der Waals surface area contributed by atoms with E-state index >= 15 is 0 Å². The summed E-state index contributed by atoms with van der Waals surface area (Å²) in [5, 5.41) is 17.2. The van der Waals surface area contributed by atoms with E-state index in [0.717, 1.165) is 23.4 Å². The Morgan fingerprint density at radius 3 is 2.68 bits per heavy atom. The number of hydrogen-bond donors (Lipinski definition) is 3. The molecule has 1 saturated heterocycles. The number of rotatable bonds is 7. The second-order valence-corrected chi connectivity index (χ2v) is 11.3. The van der Waals surface area contributed by atoms with Gasteiger partial charge in [-0.1, -0.05) is 13.0 Å². The number of nitrogens with zero attached hydrogens (tertiary/aromatic N) is 3. The molecular formula is C25H32F3N5O3S. The smallest absolute Gasteiger partial charge is 0.393 e. The van der Waals surface area contributed by atoms with Crippen molar-refractivity contribution < 1.29 is 27.8 Å². The monoisotopic (exact) mass is 539 g/mol. The van der Waals surface area contributed by atoms with Gasteiger partial charge < -0.3 is 25.2 Å². The van der Waals surface area contributed by atoms with Crippen LogP contribution in [-0.2, 0) is 15.9 Å². The average Bonchev–Trinajstić information content (AvgIpc) is 3.47. The van der Waals surface area contributed by atoms with Crippen molar-refractivity contribution in [3.63, 3.8) is 0 Å². The summed E-state index contributed by atoms with van der Waals surface area (Å²) < 4.78 is 51.1. The van der Waals surface area contributed by atoms with Crippen LogP contribution in [-0.4, -0.2) is 62.9 Å². The molecular weight excluding hydrogens is 507 g/mol. The van der Waals surface area contributed by atoms with E-state index in [0.29, 0.717) is 34.9 Å². The van der Waals surface area contributed by atoms with Crippen LogP contribution in [0.2, 0.25) is 0 Å². The number of aryl methyl sites for hydroxylation is 2. The van der Waals surface area contributed by atoms with E-state index in [9.17, 15) is 18.3 Å². The van der Waals surface area contributed by atoms with Gasteiger partial charge in [0.2, 0.25) is 5.95 Å². The number of fused-ring (bicyclic) bond motifs is 2. The maximum absolute atomic E-state index is 12.9. The zero-order chi connectivity index (χ0) is 26.5. The summed E-state index contributed by atoms with van der Waals surface area (Å²) in [6, 6.07) is -0.282. The van der Waals surface area contributed by atoms with Gasteiger partial charge in [0.25, 0.3) is 0 Å². The minimum Gasteiger partial charge on any atom is -0.393 e. The third-order valence-corrected chi connectivity index (χ3v) is 8.12. The zero-order valence-corrected chi connectivity index (χ0v) is 22.0. The zero-order valence-electron chi connectivity index (χ0n) is 21.2. The fraction of sp³-hybridized carbons (Fsp3) is 0.640. The van der Waals surface area contributed by atoms with Gasteiger partial charge in [0, 0.05) is 5.92 Å². The van der Waals surface area contributed by atoms with Crippen LogP contribution in [0.4, 0.5) is 24.9 Å². The predicted molar refractivity (Wildman–Crippen MR) is 135 cm³/mol. The molecule has 2 fully saturated rings. The SMILES string of the molecule is CCC(O)[C@H]1C[C@@H](Nc2nc(NCC(F)(F)F)nc(C)c2-c2nc3c(s2)C=CCC3)[C@@H]2OC(C)(C)O[C@@H]21. The fourth-order valence-electron chi connectivity index (χ4n) is 5.40. The Morgan fingerprint density at radius 1 is 1.22 bits per heavy atom. The number of thiazole rings is 1. The first-order chi connectivity index (χ1) is 17.4. The van der Waals surface area contributed by atoms with E-state index in [4.69, 9.17) is 14.5 Å². The quantitative estimate of drug-likeness (QED) is 0.455. The molecule has 202 valence electrons. The van der Waals surface area contributed by atoms with Crippen LogP contribution in [0.3, 0.4) is 0 Å². The van der Waals surface area contributed by atoms with Crippen molar-refractivity contribution in [3.05, 3.63) is 22.3 Å². The van der Waals surface area contributed by atoms with Crippen molar-refractivity contribution in [2.45, 2.75) is 89.7 Å². The summed E-state index contributed by atoms with van der Waals surface area (Å²) in [4.78, 5) is 14.7. The molecule has 0 amide bonds. The van der Waals surface area contributed by atoms with Crippen LogP contribution in [0.25, 0.3) is 16.6 Å². The molecule has 1 saturated carbocycles. The highest BCUT2D eigenvalue weighted by molar-refractivity contribution is 7.16. The van der Waals surface area contributed by atoms with Gasteiger partial charge >= 0.3 is 6.18 Å². The lowest BCUT2D eigenvalue weighted by molar-refractivity contribution is -0.161. The first-order valence-corrected chi connectivity index (χ1v) is 13.4. The van der Waals surface area contributed by atoms with Gasteiger partial charge in [-0.3, -0.25) is 0 Å². The van der Waals surface area contributed by atoms with E-state index in [-0.39, 0.29) is 30.1 Å². The van der Waals surface area contributed by atoms with Crippen molar-refractivity contribution in [1.29, 1.82) is 0 Å². The highest BCUT2D eigenvalue weighted by Gasteiger charge is 2.55. The average molecular weight is 540 g/mol. The molecule has 2 aromatic rings. The largest absolute Gasteiger partial charge is 0.405 e. The second-order valence-electron chi connectivity index (χ2n) is 10.3. The first-order valence-electron chi connectivity index (χ1n) is 12.6. The lowest BCUT2D eigenvalue weighted by atomic mass is 9.96. The van der Waals surface area contributed by atoms with Gasteiger partial charge in [-0.25, -0.2) is 9.97 Å². The maximum Gasteiger partial charge on any atom is 0.405 e. The van der Waals surface area contributed by atoms with Crippen LogP contribution in [0.5, 0.6) is 0 Å². The Labute approximate surface area is 217 Å². The third-order valence-electron chi connectivity index (χ3n) is 7.04. The molecule has 2 aliphatic carbocycles. The predicted octanol–water partition coefficient (Wildman–Crippen LogP) is 4.93. The Kier molecular flexibility index (Phi) is 6.97. The van der Waals surface area contributed by atoms with E-state index < -0.39 is 24.6 Å². The molecule has 8 nitrogen and oxygen atoms in total. The summed E-state index contributed by atoms with van der Waals surface area (Å²) in [6.45, 7) is 6.10. The number of aliphatic hydroxyl groups is 1. The van der Waals surface area contributed by atoms with Crippen molar-refractivity contribution in [2.75, 3.05) is 17.2 Å². The molecule has 2 aromatic heterocycles. The lowest BCUT2D eigenvalue weighted by Gasteiger charge is -2.26. The minimum absolute atomic E-state index is 0.120. The Morgan fingerprint density at radius 2 is 1.97 bits per heavy atom. The molecule has 5 atom stereocenters. The highest BCUT2D eigenvalue weighted by atomic mass is 32.1. The van der Waals surface area contributed by atoms with Gasteiger partial charge in [-0.2, -0.15) is 18.2 Å². The number of aromatic nitrogens is 3. The Balaban J connectivity index is 1.52. The summed E-state index contributed by atoms with van der Waals surface area (Å²) in [5.74, 6) is -0.700. The second kappa shape index (κ2) is 9.79. The van der Waals surface area contributed by atoms with Gasteiger partial charge in [0.05, 0.1) is 40.1 Å². The van der Waals surface area contributed by atoms with Crippen molar-refractivity contribution in [3.8, 4) is 10.6 Å². The third kappa shape index (κ3) is 5.47. The van der Waals surface area contributed by atoms with Crippen LogP contribution < -0.4 is 10.6 Å². The number of ether oxygens (including phenoxy) is 2. The van der Waals surface area contributed by atoms with E-state index in [1.54, 1.807) is 6.92 Å². The molecule has 3 heterocycles. The number of allylic oxidation sites excluding steroid dienone is 1. The van der Waals surface area contributed by atoms with Gasteiger partial charge in [0.15, 0.2) is 5.79 Å². The van der Waals surface area contributed by atoms with Gasteiger partial charge in [-0.15, -0.1) is 11.3 Å². The Hall–Kier alpha value is -2.28. The number of halogens is 3. The van der Waals surface area contributed by atoms with Crippen LogP contribution in [0.1, 0.15) is 56.3 Å². The number of anilines is 2. The van der Waals surface area contributed by atoms with Gasteiger partial charge in [0.1, 0.15) is 23.5 Å². The minimum atomic E-state index is -4.41. The molecule has 1 unspecified atom stereocenters. The molecule has 3 N–H and O–H groups in total. The summed E-state index contributed by atoms with van der Waals surface area (Å²) in [7, 11) is 0. The summed E-state index contributed by atoms with van der Waals surface area (Å²) in [5.41, 5.74) is 2.16. The Bertz CT molecular complexity index is 1190. The molecule has 1 aliphatic heterocycles.